The van der Waals surface area contributed by atoms with Gasteiger partial charge in [-0.15, -0.1) is 0 Å². The second kappa shape index (κ2) is 10.9. The van der Waals surface area contributed by atoms with E-state index < -0.39 is 16.3 Å². The van der Waals surface area contributed by atoms with Gasteiger partial charge in [-0.25, -0.2) is 4.39 Å². The minimum Gasteiger partial charge on any atom is -0.376 e. The average Bonchev–Trinajstić information content (AvgIpc) is 2.77. The van der Waals surface area contributed by atoms with Crippen LogP contribution in [-0.4, -0.2) is 50.6 Å². The average molecular weight is 480 g/mol. The van der Waals surface area contributed by atoms with E-state index in [-0.39, 0.29) is 30.6 Å². The van der Waals surface area contributed by atoms with Gasteiger partial charge in [-0.2, -0.15) is 17.4 Å². The van der Waals surface area contributed by atoms with Crippen molar-refractivity contribution in [2.45, 2.75) is 57.6 Å². The van der Waals surface area contributed by atoms with Crippen molar-refractivity contribution < 1.29 is 17.5 Å². The third-order valence-electron chi connectivity index (χ3n) is 6.25. The Morgan fingerprint density at radius 1 is 1.18 bits per heavy atom. The summed E-state index contributed by atoms with van der Waals surface area (Å²) in [6.45, 7) is 3.91. The Hall–Kier alpha value is -2.07. The Morgan fingerprint density at radius 3 is 2.52 bits per heavy atom. The first-order valence-electron chi connectivity index (χ1n) is 11.3. The number of aromatic nitrogens is 1. The molecule has 1 aromatic heterocycles. The van der Waals surface area contributed by atoms with Gasteiger partial charge in [0.05, 0.1) is 18.8 Å². The van der Waals surface area contributed by atoms with E-state index >= 15 is 0 Å². The Labute approximate surface area is 195 Å². The van der Waals surface area contributed by atoms with Crippen molar-refractivity contribution in [1.29, 1.82) is 0 Å². The molecule has 1 aromatic carbocycles. The van der Waals surface area contributed by atoms with Crippen molar-refractivity contribution in [2.24, 2.45) is 0 Å². The van der Waals surface area contributed by atoms with Crippen LogP contribution in [0.2, 0.25) is 0 Å². The lowest BCUT2D eigenvalue weighted by Crippen LogP contribution is -2.42. The number of hydrogen-bond acceptors (Lipinski definition) is 4. The monoisotopic (exact) mass is 479 g/mol. The van der Waals surface area contributed by atoms with E-state index in [1.54, 1.807) is 29.8 Å². The topological polar surface area (TPSA) is 80.6 Å². The zero-order valence-electron chi connectivity index (χ0n) is 19.8. The second-order valence-corrected chi connectivity index (χ2v) is 11.0. The fourth-order valence-electron chi connectivity index (χ4n) is 4.33. The van der Waals surface area contributed by atoms with Crippen molar-refractivity contribution in [3.63, 3.8) is 0 Å². The highest BCUT2D eigenvalue weighted by molar-refractivity contribution is 7.87. The third kappa shape index (κ3) is 6.72. The summed E-state index contributed by atoms with van der Waals surface area (Å²) < 4.78 is 49.5. The van der Waals surface area contributed by atoms with Crippen LogP contribution in [-0.2, 0) is 14.9 Å². The largest absolute Gasteiger partial charge is 0.376 e. The van der Waals surface area contributed by atoms with Gasteiger partial charge in [0.25, 0.3) is 15.8 Å². The van der Waals surface area contributed by atoms with Crippen LogP contribution in [0.5, 0.6) is 0 Å². The summed E-state index contributed by atoms with van der Waals surface area (Å²) in [6, 6.07) is 8.10. The van der Waals surface area contributed by atoms with Crippen LogP contribution in [0.15, 0.2) is 41.3 Å². The van der Waals surface area contributed by atoms with Crippen molar-refractivity contribution in [3.05, 3.63) is 69.4 Å². The van der Waals surface area contributed by atoms with E-state index in [0.29, 0.717) is 11.5 Å². The number of rotatable bonds is 9. The number of aryl methyl sites for hydroxylation is 2. The van der Waals surface area contributed by atoms with Gasteiger partial charge in [0.15, 0.2) is 0 Å². The zero-order valence-corrected chi connectivity index (χ0v) is 20.6. The van der Waals surface area contributed by atoms with Gasteiger partial charge in [0.1, 0.15) is 5.82 Å². The predicted octanol–water partition coefficient (Wildman–Crippen LogP) is 3.28. The maximum Gasteiger partial charge on any atom is 0.279 e. The molecule has 2 aromatic rings. The highest BCUT2D eigenvalue weighted by Gasteiger charge is 2.25. The molecular weight excluding hydrogens is 445 g/mol. The number of nitrogens with zero attached hydrogens (tertiary/aromatic N) is 2. The maximum absolute atomic E-state index is 13.6. The van der Waals surface area contributed by atoms with E-state index in [2.05, 4.69) is 4.72 Å². The van der Waals surface area contributed by atoms with Crippen LogP contribution in [0.3, 0.4) is 0 Å². The van der Waals surface area contributed by atoms with E-state index in [4.69, 9.17) is 4.74 Å². The Kier molecular flexibility index (Phi) is 8.44. The number of hydrogen-bond donors (Lipinski definition) is 1. The molecule has 1 heterocycles. The van der Waals surface area contributed by atoms with E-state index in [1.807, 2.05) is 19.1 Å². The number of benzene rings is 1. The third-order valence-corrected chi connectivity index (χ3v) is 7.75. The minimum absolute atomic E-state index is 0.0179. The van der Waals surface area contributed by atoms with Crippen LogP contribution in [0.25, 0.3) is 0 Å². The van der Waals surface area contributed by atoms with Crippen LogP contribution < -0.4 is 10.3 Å². The van der Waals surface area contributed by atoms with Crippen LogP contribution in [0.4, 0.5) is 4.39 Å². The van der Waals surface area contributed by atoms with Gasteiger partial charge in [0, 0.05) is 32.4 Å². The van der Waals surface area contributed by atoms with E-state index in [0.717, 1.165) is 41.1 Å². The number of pyridine rings is 1. The first-order chi connectivity index (χ1) is 15.6. The Morgan fingerprint density at radius 2 is 1.88 bits per heavy atom. The molecule has 0 bridgehead atoms. The SMILES string of the molecule is Cc1cc(C)c(=O)n([C@@H](CNS(=O)(=O)N(C)C)CO[C@H]2CC[C@@H](c3cccc(F)c3)CC2)c1. The molecule has 9 heteroatoms. The normalized spacial score (nSPS) is 20.2. The molecule has 0 unspecified atom stereocenters. The molecule has 7 nitrogen and oxygen atoms in total. The van der Waals surface area contributed by atoms with Crippen LogP contribution in [0.1, 0.15) is 54.3 Å². The summed E-state index contributed by atoms with van der Waals surface area (Å²) in [7, 11) is -0.733. The number of halogens is 1. The lowest BCUT2D eigenvalue weighted by Gasteiger charge is -2.31. The predicted molar refractivity (Wildman–Crippen MR) is 127 cm³/mol. The smallest absolute Gasteiger partial charge is 0.279 e. The minimum atomic E-state index is -3.64. The molecule has 1 aliphatic rings. The summed E-state index contributed by atoms with van der Waals surface area (Å²) >= 11 is 0. The standard InChI is InChI=1S/C24H34FN3O4S/c1-17-12-18(2)24(29)28(15-17)22(14-26-33(30,31)27(3)4)16-32-23-10-8-19(9-11-23)20-6-5-7-21(25)13-20/h5-7,12-13,15,19,22-23,26H,8-11,14,16H2,1-4H3/t19-,22-,23+/m0/s1. The molecule has 3 rings (SSSR count). The summed E-state index contributed by atoms with van der Waals surface area (Å²) in [5, 5.41) is 0. The molecule has 0 radical (unpaired) electrons. The molecule has 0 aliphatic heterocycles. The molecule has 1 saturated carbocycles. The fraction of sp³-hybridized carbons (Fsp3) is 0.542. The Balaban J connectivity index is 1.67. The summed E-state index contributed by atoms with van der Waals surface area (Å²) in [5.41, 5.74) is 2.38. The second-order valence-electron chi connectivity index (χ2n) is 9.06. The molecule has 1 N–H and O–H groups in total. The molecule has 1 atom stereocenters. The molecule has 1 aliphatic carbocycles. The van der Waals surface area contributed by atoms with E-state index in [9.17, 15) is 17.6 Å². The lowest BCUT2D eigenvalue weighted by molar-refractivity contribution is 0.00727. The zero-order chi connectivity index (χ0) is 24.2. The molecule has 182 valence electrons. The summed E-state index contributed by atoms with van der Waals surface area (Å²) in [5.74, 6) is 0.0954. The van der Waals surface area contributed by atoms with Gasteiger partial charge in [-0.1, -0.05) is 12.1 Å². The van der Waals surface area contributed by atoms with E-state index in [1.165, 1.54) is 20.2 Å². The highest BCUT2D eigenvalue weighted by atomic mass is 32.2. The van der Waals surface area contributed by atoms with Crippen molar-refractivity contribution in [3.8, 4) is 0 Å². The van der Waals surface area contributed by atoms with Crippen molar-refractivity contribution in [2.75, 3.05) is 27.2 Å². The Bertz CT molecular complexity index is 1110. The summed E-state index contributed by atoms with van der Waals surface area (Å²) in [6.07, 6.45) is 5.22. The van der Waals surface area contributed by atoms with Gasteiger partial charge in [-0.3, -0.25) is 4.79 Å². The molecule has 0 spiro atoms. The number of nitrogens with one attached hydrogen (secondary N) is 1. The van der Waals surface area contributed by atoms with Gasteiger partial charge < -0.3 is 9.30 Å². The molecular formula is C24H34FN3O4S. The molecule has 0 amide bonds. The first-order valence-corrected chi connectivity index (χ1v) is 12.7. The van der Waals surface area contributed by atoms with Crippen molar-refractivity contribution >= 4 is 10.2 Å². The lowest BCUT2D eigenvalue weighted by atomic mass is 9.83. The maximum atomic E-state index is 13.6. The molecule has 33 heavy (non-hydrogen) atoms. The van der Waals surface area contributed by atoms with Gasteiger partial charge in [-0.05, 0) is 74.8 Å². The van der Waals surface area contributed by atoms with Crippen molar-refractivity contribution in [1.82, 2.24) is 13.6 Å². The first kappa shape index (κ1) is 25.6. The quantitative estimate of drug-likeness (QED) is 0.599. The van der Waals surface area contributed by atoms with Crippen LogP contribution >= 0.6 is 0 Å². The fourth-order valence-corrected chi connectivity index (χ4v) is 4.99. The molecule has 1 fully saturated rings. The van der Waals surface area contributed by atoms with Crippen LogP contribution in [0, 0.1) is 19.7 Å². The molecule has 0 saturated heterocycles. The highest BCUT2D eigenvalue weighted by Crippen LogP contribution is 2.34. The van der Waals surface area contributed by atoms with Gasteiger partial charge >= 0.3 is 0 Å². The number of ether oxygens (including phenoxy) is 1. The van der Waals surface area contributed by atoms with Gasteiger partial charge in [0.2, 0.25) is 0 Å². The summed E-state index contributed by atoms with van der Waals surface area (Å²) in [4.78, 5) is 12.8.